The van der Waals surface area contributed by atoms with Crippen LogP contribution in [0.3, 0.4) is 0 Å². The van der Waals surface area contributed by atoms with Gasteiger partial charge in [0.1, 0.15) is 17.4 Å². The smallest absolute Gasteiger partial charge is 0.362 e. The van der Waals surface area contributed by atoms with E-state index in [-0.39, 0.29) is 17.5 Å². The topological polar surface area (TPSA) is 62.9 Å². The van der Waals surface area contributed by atoms with Crippen molar-refractivity contribution in [3.63, 3.8) is 0 Å². The first-order valence-electron chi connectivity index (χ1n) is 11.5. The van der Waals surface area contributed by atoms with Gasteiger partial charge in [0.15, 0.2) is 6.23 Å². The lowest BCUT2D eigenvalue weighted by Crippen LogP contribution is -2.40. The van der Waals surface area contributed by atoms with Crippen LogP contribution in [-0.4, -0.2) is 16.4 Å². The molecule has 3 atom stereocenters. The minimum atomic E-state index is -4.70. The SMILES string of the molecule is N#Cc1c(C(F)(F)F)cc(-c2ccccc2)c2c3n(nc12)[C@H]1OCCC[C@H]1[C@H](c1ccccc1)N3. The fourth-order valence-corrected chi connectivity index (χ4v) is 5.40. The first-order valence-corrected chi connectivity index (χ1v) is 11.5. The lowest BCUT2D eigenvalue weighted by Gasteiger charge is -2.42. The van der Waals surface area contributed by atoms with Crippen molar-refractivity contribution in [2.45, 2.75) is 31.3 Å². The summed E-state index contributed by atoms with van der Waals surface area (Å²) in [5.41, 5.74) is 0.643. The quantitative estimate of drug-likeness (QED) is 0.352. The number of nitriles is 1. The van der Waals surface area contributed by atoms with Crippen molar-refractivity contribution in [2.24, 2.45) is 5.92 Å². The van der Waals surface area contributed by atoms with Crippen LogP contribution in [0.2, 0.25) is 0 Å². The molecule has 2 aliphatic rings. The average Bonchev–Trinajstić information content (AvgIpc) is 3.27. The molecule has 1 N–H and O–H groups in total. The number of alkyl halides is 3. The van der Waals surface area contributed by atoms with Gasteiger partial charge in [-0.15, -0.1) is 0 Å². The van der Waals surface area contributed by atoms with Gasteiger partial charge >= 0.3 is 6.18 Å². The highest BCUT2D eigenvalue weighted by Crippen LogP contribution is 2.50. The number of halogens is 3. The van der Waals surface area contributed by atoms with Crippen molar-refractivity contribution < 1.29 is 17.9 Å². The largest absolute Gasteiger partial charge is 0.417 e. The van der Waals surface area contributed by atoms with Gasteiger partial charge in [0, 0.05) is 12.5 Å². The van der Waals surface area contributed by atoms with Crippen molar-refractivity contribution >= 4 is 16.7 Å². The van der Waals surface area contributed by atoms with Gasteiger partial charge in [-0.2, -0.15) is 23.5 Å². The van der Waals surface area contributed by atoms with E-state index in [4.69, 9.17) is 4.74 Å². The lowest BCUT2D eigenvalue weighted by atomic mass is 9.84. The van der Waals surface area contributed by atoms with Crippen molar-refractivity contribution in [3.8, 4) is 17.2 Å². The predicted molar refractivity (Wildman–Crippen MR) is 125 cm³/mol. The maximum Gasteiger partial charge on any atom is 0.417 e. The first-order chi connectivity index (χ1) is 17.0. The Balaban J connectivity index is 1.67. The summed E-state index contributed by atoms with van der Waals surface area (Å²) in [5.74, 6) is 0.613. The van der Waals surface area contributed by atoms with Crippen LogP contribution in [0.4, 0.5) is 19.0 Å². The highest BCUT2D eigenvalue weighted by atomic mass is 19.4. The van der Waals surface area contributed by atoms with E-state index in [2.05, 4.69) is 10.4 Å². The van der Waals surface area contributed by atoms with E-state index < -0.39 is 23.5 Å². The zero-order valence-electron chi connectivity index (χ0n) is 18.6. The number of benzene rings is 3. The summed E-state index contributed by atoms with van der Waals surface area (Å²) in [5, 5.41) is 18.5. The molecule has 0 amide bonds. The highest BCUT2D eigenvalue weighted by molar-refractivity contribution is 6.06. The van der Waals surface area contributed by atoms with Crippen LogP contribution < -0.4 is 5.32 Å². The first kappa shape index (κ1) is 21.7. The molecule has 3 heterocycles. The molecule has 0 bridgehead atoms. The summed E-state index contributed by atoms with van der Waals surface area (Å²) < 4.78 is 50.0. The Kier molecular flexibility index (Phi) is 5.04. The molecule has 0 aliphatic carbocycles. The highest BCUT2D eigenvalue weighted by Gasteiger charge is 2.43. The number of hydrogen-bond acceptors (Lipinski definition) is 4. The van der Waals surface area contributed by atoms with E-state index in [9.17, 15) is 18.4 Å². The minimum absolute atomic E-state index is 0.0327. The maximum atomic E-state index is 14.1. The van der Waals surface area contributed by atoms with E-state index in [1.807, 2.05) is 36.4 Å². The Bertz CT molecular complexity index is 1440. The van der Waals surface area contributed by atoms with Gasteiger partial charge in [0.05, 0.1) is 22.6 Å². The number of aromatic nitrogens is 2. The van der Waals surface area contributed by atoms with Crippen molar-refractivity contribution in [1.29, 1.82) is 5.26 Å². The number of nitrogens with one attached hydrogen (secondary N) is 1. The molecule has 3 aromatic carbocycles. The monoisotopic (exact) mass is 474 g/mol. The molecule has 0 spiro atoms. The zero-order chi connectivity index (χ0) is 24.2. The van der Waals surface area contributed by atoms with Crippen LogP contribution in [0.5, 0.6) is 0 Å². The lowest BCUT2D eigenvalue weighted by molar-refractivity contribution is -0.137. The van der Waals surface area contributed by atoms with Gasteiger partial charge in [0.25, 0.3) is 0 Å². The van der Waals surface area contributed by atoms with Gasteiger partial charge in [-0.05, 0) is 35.6 Å². The van der Waals surface area contributed by atoms with Crippen molar-refractivity contribution in [2.75, 3.05) is 11.9 Å². The number of anilines is 1. The van der Waals surface area contributed by atoms with E-state index in [0.29, 0.717) is 28.9 Å². The fraction of sp³-hybridized carbons (Fsp3) is 0.259. The van der Waals surface area contributed by atoms with Crippen LogP contribution in [0.25, 0.3) is 22.0 Å². The molecule has 4 aromatic rings. The second-order valence-electron chi connectivity index (χ2n) is 8.94. The Hall–Kier alpha value is -3.83. The third-order valence-electron chi connectivity index (χ3n) is 6.93. The summed E-state index contributed by atoms with van der Waals surface area (Å²) in [7, 11) is 0. The molecule has 0 radical (unpaired) electrons. The van der Waals surface area contributed by atoms with E-state index in [1.165, 1.54) is 0 Å². The average molecular weight is 474 g/mol. The van der Waals surface area contributed by atoms with Crippen LogP contribution in [0.15, 0.2) is 66.7 Å². The Morgan fingerprint density at radius 1 is 1.06 bits per heavy atom. The summed E-state index contributed by atoms with van der Waals surface area (Å²) in [4.78, 5) is 0. The molecule has 0 saturated carbocycles. The molecular formula is C27H21F3N4O. The van der Waals surface area contributed by atoms with Gasteiger partial charge in [-0.1, -0.05) is 60.7 Å². The molecule has 176 valence electrons. The second kappa shape index (κ2) is 8.14. The summed E-state index contributed by atoms with van der Waals surface area (Å²) >= 11 is 0. The maximum absolute atomic E-state index is 14.1. The molecule has 2 aliphatic heterocycles. The van der Waals surface area contributed by atoms with Gasteiger partial charge < -0.3 is 10.1 Å². The van der Waals surface area contributed by atoms with Crippen molar-refractivity contribution in [3.05, 3.63) is 83.4 Å². The van der Waals surface area contributed by atoms with E-state index in [1.54, 1.807) is 35.0 Å². The van der Waals surface area contributed by atoms with Crippen LogP contribution in [0.1, 0.15) is 41.8 Å². The van der Waals surface area contributed by atoms with Crippen molar-refractivity contribution in [1.82, 2.24) is 9.78 Å². The number of ether oxygens (including phenoxy) is 1. The normalized spacial score (nSPS) is 21.6. The van der Waals surface area contributed by atoms with E-state index in [0.717, 1.165) is 24.5 Å². The molecule has 35 heavy (non-hydrogen) atoms. The fourth-order valence-electron chi connectivity index (χ4n) is 5.40. The van der Waals surface area contributed by atoms with Gasteiger partial charge in [-0.25, -0.2) is 4.68 Å². The molecule has 1 saturated heterocycles. The zero-order valence-corrected chi connectivity index (χ0v) is 18.6. The number of nitrogens with zero attached hydrogens (tertiary/aromatic N) is 3. The van der Waals surface area contributed by atoms with Crippen LogP contribution in [0, 0.1) is 17.2 Å². The van der Waals surface area contributed by atoms with E-state index >= 15 is 0 Å². The predicted octanol–water partition coefficient (Wildman–Crippen LogP) is 6.69. The molecule has 1 aromatic heterocycles. The van der Waals surface area contributed by atoms with Crippen LogP contribution in [-0.2, 0) is 10.9 Å². The summed E-state index contributed by atoms with van der Waals surface area (Å²) in [6.07, 6.45) is -3.37. The standard InChI is InChI=1S/C27H21F3N4O/c28-27(29,30)21-14-19(16-8-3-1-4-9-16)22-24(20(21)15-31)33-34-25(22)32-23(17-10-5-2-6-11-17)18-12-7-13-35-26(18)34/h1-6,8-11,14,18,23,26,32H,7,12-13H2/t18-,23-,26-/m0/s1. The van der Waals surface area contributed by atoms with Crippen LogP contribution >= 0.6 is 0 Å². The summed E-state index contributed by atoms with van der Waals surface area (Å²) in [6.45, 7) is 0.544. The third-order valence-corrected chi connectivity index (χ3v) is 6.93. The number of fused-ring (bicyclic) bond motifs is 5. The second-order valence-corrected chi connectivity index (χ2v) is 8.94. The Morgan fingerprint density at radius 3 is 2.46 bits per heavy atom. The molecule has 6 rings (SSSR count). The van der Waals surface area contributed by atoms with Gasteiger partial charge in [0.2, 0.25) is 0 Å². The molecule has 8 heteroatoms. The number of hydrogen-bond donors (Lipinski definition) is 1. The Labute approximate surface area is 199 Å². The van der Waals surface area contributed by atoms with Gasteiger partial charge in [-0.3, -0.25) is 0 Å². The number of rotatable bonds is 2. The minimum Gasteiger partial charge on any atom is -0.362 e. The molecule has 1 fully saturated rings. The Morgan fingerprint density at radius 2 is 1.77 bits per heavy atom. The molecule has 0 unspecified atom stereocenters. The third kappa shape index (κ3) is 3.46. The molecular weight excluding hydrogens is 453 g/mol. The molecule has 5 nitrogen and oxygen atoms in total. The summed E-state index contributed by atoms with van der Waals surface area (Å²) in [6, 6.07) is 21.6.